The fourth-order valence-corrected chi connectivity index (χ4v) is 5.69. The lowest BCUT2D eigenvalue weighted by Gasteiger charge is -2.14. The van der Waals surface area contributed by atoms with E-state index in [2.05, 4.69) is 19.4 Å². The van der Waals surface area contributed by atoms with Crippen molar-refractivity contribution in [1.29, 1.82) is 0 Å². The summed E-state index contributed by atoms with van der Waals surface area (Å²) >= 11 is 0.598. The number of hydrogen-bond acceptors (Lipinski definition) is 7. The first-order chi connectivity index (χ1) is 14.0. The third-order valence-electron chi connectivity index (χ3n) is 4.60. The molecule has 4 rings (SSSR count). The average Bonchev–Trinajstić information content (AvgIpc) is 3.05. The van der Waals surface area contributed by atoms with Crippen LogP contribution in [-0.2, 0) is 21.0 Å². The topological polar surface area (TPSA) is 122 Å². The molecule has 2 N–H and O–H groups in total. The number of benzene rings is 1. The van der Waals surface area contributed by atoms with Gasteiger partial charge < -0.3 is 9.63 Å². The summed E-state index contributed by atoms with van der Waals surface area (Å²) in [5, 5.41) is 12.9. The molecule has 2 heterocycles. The Morgan fingerprint density at radius 3 is 2.53 bits per heavy atom. The molecule has 0 bridgehead atoms. The maximum Gasteiger partial charge on any atom is 0.471 e. The molecule has 1 saturated carbocycles. The number of carbonyl (C=O) groups is 1. The van der Waals surface area contributed by atoms with E-state index < -0.39 is 45.3 Å². The molecule has 1 aliphatic rings. The Labute approximate surface area is 171 Å². The van der Waals surface area contributed by atoms with E-state index in [1.165, 1.54) is 6.07 Å². The zero-order valence-electron chi connectivity index (χ0n) is 14.8. The minimum absolute atomic E-state index is 0.0226. The van der Waals surface area contributed by atoms with Crippen molar-refractivity contribution in [3.63, 3.8) is 0 Å². The van der Waals surface area contributed by atoms with E-state index in [4.69, 9.17) is 0 Å². The first-order valence-electron chi connectivity index (χ1n) is 8.36. The highest BCUT2D eigenvalue weighted by atomic mass is 32.2. The van der Waals surface area contributed by atoms with Crippen molar-refractivity contribution >= 4 is 27.3 Å². The Balaban J connectivity index is 1.59. The summed E-state index contributed by atoms with van der Waals surface area (Å²) in [6, 6.07) is 11.0. The van der Waals surface area contributed by atoms with Crippen molar-refractivity contribution in [3.05, 3.63) is 53.9 Å². The number of aromatic nitrogens is 2. The van der Waals surface area contributed by atoms with Gasteiger partial charge in [-0.2, -0.15) is 22.9 Å². The molecule has 0 unspecified atom stereocenters. The van der Waals surface area contributed by atoms with Crippen LogP contribution in [-0.4, -0.2) is 35.2 Å². The number of carboxylic acid groups (broad SMARTS) is 1. The summed E-state index contributed by atoms with van der Waals surface area (Å²) in [6.07, 6.45) is -4.76. The molecule has 158 valence electrons. The SMILES string of the molecule is O=C(O)[C@]1(NS(=O)(=O)c2ccc(-c3noc(C(F)(F)F)n3)s2)C[C@H]1c1ccccc1. The number of halogens is 3. The zero-order chi connectivity index (χ0) is 21.7. The predicted molar refractivity (Wildman–Crippen MR) is 97.1 cm³/mol. The summed E-state index contributed by atoms with van der Waals surface area (Å²) in [6.45, 7) is 0. The molecule has 0 saturated heterocycles. The summed E-state index contributed by atoms with van der Waals surface area (Å²) in [4.78, 5) is 15.1. The lowest BCUT2D eigenvalue weighted by molar-refractivity contribution is -0.159. The second kappa shape index (κ2) is 6.89. The number of rotatable bonds is 6. The Hall–Kier alpha value is -2.77. The number of aliphatic carboxylic acids is 1. The molecule has 8 nitrogen and oxygen atoms in total. The van der Waals surface area contributed by atoms with Crippen LogP contribution in [0.25, 0.3) is 10.7 Å². The number of sulfonamides is 1. The molecule has 3 aromatic rings. The van der Waals surface area contributed by atoms with Gasteiger partial charge in [-0.1, -0.05) is 35.5 Å². The van der Waals surface area contributed by atoms with Crippen LogP contribution in [0, 0.1) is 0 Å². The summed E-state index contributed by atoms with van der Waals surface area (Å²) < 4.78 is 69.4. The fraction of sp³-hybridized carbons (Fsp3) is 0.235. The van der Waals surface area contributed by atoms with Gasteiger partial charge in [0.05, 0.1) is 4.88 Å². The normalized spacial score (nSPS) is 21.5. The van der Waals surface area contributed by atoms with Gasteiger partial charge in [0.2, 0.25) is 5.82 Å². The molecule has 2 aromatic heterocycles. The number of carboxylic acids is 1. The van der Waals surface area contributed by atoms with Crippen LogP contribution < -0.4 is 4.72 Å². The van der Waals surface area contributed by atoms with Crippen LogP contribution in [0.3, 0.4) is 0 Å². The molecule has 2 atom stereocenters. The highest BCUT2D eigenvalue weighted by molar-refractivity contribution is 7.91. The highest BCUT2D eigenvalue weighted by Gasteiger charge is 2.63. The van der Waals surface area contributed by atoms with E-state index in [1.807, 2.05) is 0 Å². The van der Waals surface area contributed by atoms with Gasteiger partial charge in [0.15, 0.2) is 0 Å². The lowest BCUT2D eigenvalue weighted by Crippen LogP contribution is -2.44. The Morgan fingerprint density at radius 1 is 1.23 bits per heavy atom. The van der Waals surface area contributed by atoms with E-state index in [9.17, 15) is 31.5 Å². The maximum atomic E-state index is 12.8. The van der Waals surface area contributed by atoms with Crippen molar-refractivity contribution in [2.24, 2.45) is 0 Å². The summed E-state index contributed by atoms with van der Waals surface area (Å²) in [5.41, 5.74) is -1.01. The largest absolute Gasteiger partial charge is 0.480 e. The van der Waals surface area contributed by atoms with Crippen LogP contribution in [0.5, 0.6) is 0 Å². The molecule has 1 aliphatic carbocycles. The number of nitrogens with zero attached hydrogens (tertiary/aromatic N) is 2. The Kier molecular flexibility index (Phi) is 4.71. The molecular formula is C17H12F3N3O5S2. The van der Waals surface area contributed by atoms with E-state index in [0.29, 0.717) is 16.9 Å². The molecule has 0 spiro atoms. The van der Waals surface area contributed by atoms with Crippen molar-refractivity contribution in [2.75, 3.05) is 0 Å². The van der Waals surface area contributed by atoms with Crippen LogP contribution in [0.2, 0.25) is 0 Å². The zero-order valence-corrected chi connectivity index (χ0v) is 16.4. The van der Waals surface area contributed by atoms with Gasteiger partial charge in [0.25, 0.3) is 10.0 Å². The molecule has 0 radical (unpaired) electrons. The molecule has 30 heavy (non-hydrogen) atoms. The van der Waals surface area contributed by atoms with Crippen LogP contribution in [0.15, 0.2) is 51.2 Å². The molecule has 1 fully saturated rings. The van der Waals surface area contributed by atoms with Gasteiger partial charge in [-0.05, 0) is 24.1 Å². The van der Waals surface area contributed by atoms with Crippen LogP contribution >= 0.6 is 11.3 Å². The van der Waals surface area contributed by atoms with Gasteiger partial charge in [-0.3, -0.25) is 4.79 Å². The predicted octanol–water partition coefficient (Wildman–Crippen LogP) is 3.11. The monoisotopic (exact) mass is 459 g/mol. The first kappa shape index (κ1) is 20.5. The second-order valence-corrected chi connectivity index (χ2v) is 9.58. The van der Waals surface area contributed by atoms with E-state index in [-0.39, 0.29) is 15.5 Å². The smallest absolute Gasteiger partial charge is 0.471 e. The van der Waals surface area contributed by atoms with Crippen LogP contribution in [0.1, 0.15) is 23.8 Å². The van der Waals surface area contributed by atoms with Crippen molar-refractivity contribution in [1.82, 2.24) is 14.9 Å². The number of hydrogen-bond donors (Lipinski definition) is 2. The fourth-order valence-electron chi connectivity index (χ4n) is 3.06. The molecule has 1 aromatic carbocycles. The number of nitrogens with one attached hydrogen (secondary N) is 1. The maximum absolute atomic E-state index is 12.8. The molecule has 0 amide bonds. The van der Waals surface area contributed by atoms with E-state index in [0.717, 1.165) is 6.07 Å². The third-order valence-corrected chi connectivity index (χ3v) is 7.68. The molecular weight excluding hydrogens is 447 g/mol. The quantitative estimate of drug-likeness (QED) is 0.581. The second-order valence-electron chi connectivity index (χ2n) is 6.59. The van der Waals surface area contributed by atoms with E-state index >= 15 is 0 Å². The van der Waals surface area contributed by atoms with Gasteiger partial charge >= 0.3 is 18.0 Å². The highest BCUT2D eigenvalue weighted by Crippen LogP contribution is 2.52. The minimum Gasteiger partial charge on any atom is -0.480 e. The van der Waals surface area contributed by atoms with Crippen molar-refractivity contribution in [3.8, 4) is 10.7 Å². The summed E-state index contributed by atoms with van der Waals surface area (Å²) in [7, 11) is -4.27. The molecule has 13 heteroatoms. The minimum atomic E-state index is -4.83. The summed E-state index contributed by atoms with van der Waals surface area (Å²) in [5.74, 6) is -3.83. The Morgan fingerprint density at radius 2 is 1.93 bits per heavy atom. The lowest BCUT2D eigenvalue weighted by atomic mass is 10.1. The Bertz CT molecular complexity index is 1210. The van der Waals surface area contributed by atoms with E-state index in [1.54, 1.807) is 30.3 Å². The molecule has 0 aliphatic heterocycles. The standard InChI is InChI=1S/C17H12F3N3O5S2/c18-17(19,20)14-21-13(22-28-14)11-6-7-12(29-11)30(26,27)23-16(15(24)25)8-10(16)9-4-2-1-3-5-9/h1-7,10,23H,8H2,(H,24,25)/t10-,16-/m0/s1. The van der Waals surface area contributed by atoms with Crippen molar-refractivity contribution in [2.45, 2.75) is 28.3 Å². The number of thiophene rings is 1. The van der Waals surface area contributed by atoms with Gasteiger partial charge in [0, 0.05) is 5.92 Å². The third kappa shape index (κ3) is 3.59. The first-order valence-corrected chi connectivity index (χ1v) is 10.7. The van der Waals surface area contributed by atoms with Gasteiger partial charge in [0.1, 0.15) is 9.75 Å². The number of alkyl halides is 3. The van der Waals surface area contributed by atoms with Crippen molar-refractivity contribution < 1.29 is 36.0 Å². The average molecular weight is 459 g/mol. The van der Waals surface area contributed by atoms with Crippen LogP contribution in [0.4, 0.5) is 13.2 Å². The van der Waals surface area contributed by atoms with Gasteiger partial charge in [-0.25, -0.2) is 8.42 Å². The van der Waals surface area contributed by atoms with Gasteiger partial charge in [-0.15, -0.1) is 11.3 Å².